The summed E-state index contributed by atoms with van der Waals surface area (Å²) >= 11 is 1.54. The van der Waals surface area contributed by atoms with E-state index in [4.69, 9.17) is 0 Å². The van der Waals surface area contributed by atoms with Crippen molar-refractivity contribution in [2.45, 2.75) is 58.5 Å². The molecular formula is C17H23N3O2S. The molecule has 1 fully saturated rings. The summed E-state index contributed by atoms with van der Waals surface area (Å²) < 4.78 is 1.41. The third-order valence-corrected chi connectivity index (χ3v) is 5.88. The zero-order valence-electron chi connectivity index (χ0n) is 13.7. The molecule has 124 valence electrons. The minimum atomic E-state index is -0.127. The predicted molar refractivity (Wildman–Crippen MR) is 92.8 cm³/mol. The summed E-state index contributed by atoms with van der Waals surface area (Å²) in [5.41, 5.74) is -0.127. The van der Waals surface area contributed by atoms with Gasteiger partial charge in [-0.3, -0.25) is 14.2 Å². The Balaban J connectivity index is 1.74. The molecule has 0 spiro atoms. The summed E-state index contributed by atoms with van der Waals surface area (Å²) in [6, 6.07) is 2.13. The van der Waals surface area contributed by atoms with Gasteiger partial charge in [-0.05, 0) is 31.2 Å². The van der Waals surface area contributed by atoms with Gasteiger partial charge in [0.2, 0.25) is 5.91 Å². The van der Waals surface area contributed by atoms with Crippen molar-refractivity contribution in [2.24, 2.45) is 5.92 Å². The van der Waals surface area contributed by atoms with E-state index in [9.17, 15) is 9.59 Å². The first-order valence-corrected chi connectivity index (χ1v) is 9.17. The van der Waals surface area contributed by atoms with Crippen molar-refractivity contribution >= 4 is 27.5 Å². The summed E-state index contributed by atoms with van der Waals surface area (Å²) in [5.74, 6) is 0.409. The van der Waals surface area contributed by atoms with E-state index in [2.05, 4.69) is 24.1 Å². The van der Waals surface area contributed by atoms with Crippen LogP contribution in [0.15, 0.2) is 17.2 Å². The molecule has 1 saturated carbocycles. The van der Waals surface area contributed by atoms with E-state index < -0.39 is 0 Å². The molecule has 1 aliphatic carbocycles. The quantitative estimate of drug-likeness (QED) is 0.935. The molecule has 0 aromatic carbocycles. The van der Waals surface area contributed by atoms with Crippen LogP contribution in [-0.2, 0) is 17.8 Å². The summed E-state index contributed by atoms with van der Waals surface area (Å²) in [4.78, 5) is 31.0. The minimum absolute atomic E-state index is 0.0439. The fraction of sp³-hybridized carbons (Fsp3) is 0.588. The lowest BCUT2D eigenvalue weighted by Gasteiger charge is -2.29. The van der Waals surface area contributed by atoms with E-state index in [0.717, 1.165) is 35.4 Å². The smallest absolute Gasteiger partial charge is 0.262 e. The molecule has 2 atom stereocenters. The predicted octanol–water partition coefficient (Wildman–Crippen LogP) is 2.72. The molecule has 3 rings (SSSR count). The van der Waals surface area contributed by atoms with Crippen LogP contribution in [-0.4, -0.2) is 21.5 Å². The Morgan fingerprint density at radius 3 is 2.96 bits per heavy atom. The molecule has 1 aliphatic rings. The molecule has 2 unspecified atom stereocenters. The molecule has 0 saturated heterocycles. The first-order valence-electron chi connectivity index (χ1n) is 8.35. The van der Waals surface area contributed by atoms with Gasteiger partial charge < -0.3 is 5.32 Å². The van der Waals surface area contributed by atoms with Gasteiger partial charge >= 0.3 is 0 Å². The topological polar surface area (TPSA) is 64.0 Å². The van der Waals surface area contributed by atoms with Crippen LogP contribution in [0, 0.1) is 5.92 Å². The van der Waals surface area contributed by atoms with Crippen LogP contribution in [0.1, 0.15) is 44.4 Å². The lowest BCUT2D eigenvalue weighted by Crippen LogP contribution is -2.43. The molecule has 0 bridgehead atoms. The van der Waals surface area contributed by atoms with Crippen molar-refractivity contribution in [3.8, 4) is 0 Å². The van der Waals surface area contributed by atoms with Crippen molar-refractivity contribution in [3.05, 3.63) is 27.6 Å². The summed E-state index contributed by atoms with van der Waals surface area (Å²) in [5, 5.41) is 3.70. The number of hydrogen-bond acceptors (Lipinski definition) is 4. The van der Waals surface area contributed by atoms with Gasteiger partial charge in [-0.2, -0.15) is 0 Å². The van der Waals surface area contributed by atoms with E-state index in [1.165, 1.54) is 17.3 Å². The fourth-order valence-electron chi connectivity index (χ4n) is 3.23. The lowest BCUT2D eigenvalue weighted by atomic mass is 9.86. The molecule has 2 aromatic rings. The maximum Gasteiger partial charge on any atom is 0.262 e. The second-order valence-corrected chi connectivity index (χ2v) is 7.51. The van der Waals surface area contributed by atoms with Crippen LogP contribution >= 0.6 is 11.3 Å². The number of nitrogens with zero attached hydrogens (tertiary/aromatic N) is 2. The van der Waals surface area contributed by atoms with Gasteiger partial charge in [0.25, 0.3) is 5.56 Å². The number of hydrogen-bond donors (Lipinski definition) is 1. The van der Waals surface area contributed by atoms with Crippen molar-refractivity contribution in [2.75, 3.05) is 0 Å². The minimum Gasteiger partial charge on any atom is -0.352 e. The molecular weight excluding hydrogens is 310 g/mol. The first kappa shape index (κ1) is 16.2. The molecule has 2 aromatic heterocycles. The maximum atomic E-state index is 12.5. The number of fused-ring (bicyclic) bond motifs is 1. The number of carbonyl (C=O) groups is 1. The molecule has 2 heterocycles. The number of carbonyl (C=O) groups excluding carboxylic acids is 1. The Morgan fingerprint density at radius 2 is 2.22 bits per heavy atom. The largest absolute Gasteiger partial charge is 0.352 e. The van der Waals surface area contributed by atoms with Gasteiger partial charge in [0.15, 0.2) is 0 Å². The lowest BCUT2D eigenvalue weighted by molar-refractivity contribution is -0.123. The van der Waals surface area contributed by atoms with Gasteiger partial charge in [0.05, 0.1) is 11.7 Å². The zero-order valence-corrected chi connectivity index (χ0v) is 14.5. The van der Waals surface area contributed by atoms with Crippen LogP contribution in [0.3, 0.4) is 0 Å². The first-order chi connectivity index (χ1) is 11.1. The number of rotatable bonds is 4. The van der Waals surface area contributed by atoms with Gasteiger partial charge in [-0.1, -0.05) is 26.7 Å². The molecule has 0 radical (unpaired) electrons. The summed E-state index contributed by atoms with van der Waals surface area (Å²) in [6.45, 7) is 4.28. The number of thiophene rings is 1. The second-order valence-electron chi connectivity index (χ2n) is 6.40. The van der Waals surface area contributed by atoms with E-state index in [0.29, 0.717) is 11.3 Å². The molecule has 23 heavy (non-hydrogen) atoms. The van der Waals surface area contributed by atoms with Crippen molar-refractivity contribution in [3.63, 3.8) is 0 Å². The molecule has 1 N–H and O–H groups in total. The third kappa shape index (κ3) is 3.47. The van der Waals surface area contributed by atoms with Crippen molar-refractivity contribution in [1.29, 1.82) is 0 Å². The highest BCUT2D eigenvalue weighted by Gasteiger charge is 2.23. The summed E-state index contributed by atoms with van der Waals surface area (Å²) in [7, 11) is 0. The highest BCUT2D eigenvalue weighted by molar-refractivity contribution is 7.18. The Kier molecular flexibility index (Phi) is 4.80. The van der Waals surface area contributed by atoms with E-state index >= 15 is 0 Å². The van der Waals surface area contributed by atoms with Gasteiger partial charge in [-0.15, -0.1) is 11.3 Å². The fourth-order valence-corrected chi connectivity index (χ4v) is 4.16. The zero-order chi connectivity index (χ0) is 16.4. The maximum absolute atomic E-state index is 12.5. The number of nitrogens with one attached hydrogen (secondary N) is 1. The Bertz CT molecular complexity index is 765. The average molecular weight is 333 g/mol. The summed E-state index contributed by atoms with van der Waals surface area (Å²) in [6.07, 6.45) is 6.98. The average Bonchev–Trinajstić information content (AvgIpc) is 2.96. The highest BCUT2D eigenvalue weighted by Crippen LogP contribution is 2.24. The van der Waals surface area contributed by atoms with Crippen LogP contribution < -0.4 is 10.9 Å². The molecule has 1 amide bonds. The van der Waals surface area contributed by atoms with E-state index in [1.807, 2.05) is 6.07 Å². The molecule has 5 nitrogen and oxygen atoms in total. The monoisotopic (exact) mass is 333 g/mol. The Morgan fingerprint density at radius 1 is 1.43 bits per heavy atom. The van der Waals surface area contributed by atoms with Crippen LogP contribution in [0.25, 0.3) is 10.2 Å². The Labute approximate surface area is 139 Å². The number of amides is 1. The molecule has 0 aliphatic heterocycles. The normalized spacial score (nSPS) is 21.5. The number of aromatic nitrogens is 2. The second kappa shape index (κ2) is 6.83. The van der Waals surface area contributed by atoms with Crippen LogP contribution in [0.2, 0.25) is 0 Å². The van der Waals surface area contributed by atoms with Gasteiger partial charge in [0.1, 0.15) is 11.4 Å². The SMILES string of the molecule is CCc1cc2c(=O)n(CC(=O)NC3CCCCC3C)cnc2s1. The van der Waals surface area contributed by atoms with E-state index in [-0.39, 0.29) is 24.1 Å². The third-order valence-electron chi connectivity index (χ3n) is 4.69. The van der Waals surface area contributed by atoms with Crippen molar-refractivity contribution < 1.29 is 4.79 Å². The van der Waals surface area contributed by atoms with Gasteiger partial charge in [0, 0.05) is 10.9 Å². The molecule has 6 heteroatoms. The number of aryl methyl sites for hydroxylation is 1. The van der Waals surface area contributed by atoms with Crippen LogP contribution in [0.4, 0.5) is 0 Å². The van der Waals surface area contributed by atoms with Gasteiger partial charge in [-0.25, -0.2) is 4.98 Å². The Hall–Kier alpha value is -1.69. The van der Waals surface area contributed by atoms with Crippen molar-refractivity contribution in [1.82, 2.24) is 14.9 Å². The van der Waals surface area contributed by atoms with Crippen LogP contribution in [0.5, 0.6) is 0 Å². The van der Waals surface area contributed by atoms with E-state index in [1.54, 1.807) is 11.3 Å². The highest BCUT2D eigenvalue weighted by atomic mass is 32.1. The standard InChI is InChI=1S/C17H23N3O2S/c1-3-12-8-13-16(23-12)18-10-20(17(13)22)9-15(21)19-14-7-5-4-6-11(14)2/h8,10-11,14H,3-7,9H2,1-2H3,(H,19,21).